The molecule has 0 heterocycles. The largest absolute Gasteiger partial charge is 0.495 e. The van der Waals surface area contributed by atoms with Crippen molar-refractivity contribution >= 4 is 43.5 Å². The van der Waals surface area contributed by atoms with E-state index in [0.717, 1.165) is 21.9 Å². The van der Waals surface area contributed by atoms with Crippen LogP contribution in [-0.4, -0.2) is 57.6 Å². The average molecular weight is 659 g/mol. The standard InChI is InChI=1S/C32H40BrN3O5S/c1-24(2)22-34-32(38)29(21-25-11-6-5-7-12-25)35(23-26-16-18-27(33)19-17-26)31(37)15-10-20-36(42(4,39)40)28-13-8-9-14-30(28)41-3/h5-9,11-14,16-19,24,29H,10,15,20-23H2,1-4H3,(H,34,38)/t29-/m0/s1. The number of amides is 2. The van der Waals surface area contributed by atoms with Gasteiger partial charge in [0, 0.05) is 36.9 Å². The summed E-state index contributed by atoms with van der Waals surface area (Å²) in [6.07, 6.45) is 1.80. The van der Waals surface area contributed by atoms with Gasteiger partial charge in [0.15, 0.2) is 0 Å². The molecular formula is C32H40BrN3O5S. The van der Waals surface area contributed by atoms with Crippen LogP contribution < -0.4 is 14.4 Å². The van der Waals surface area contributed by atoms with Crippen molar-refractivity contribution in [3.63, 3.8) is 0 Å². The zero-order valence-corrected chi connectivity index (χ0v) is 27.0. The Morgan fingerprint density at radius 2 is 1.57 bits per heavy atom. The second-order valence-electron chi connectivity index (χ2n) is 10.6. The van der Waals surface area contributed by atoms with Crippen LogP contribution in [0.15, 0.2) is 83.3 Å². The van der Waals surface area contributed by atoms with E-state index >= 15 is 0 Å². The first-order chi connectivity index (χ1) is 20.0. The number of hydrogen-bond donors (Lipinski definition) is 1. The molecule has 3 aromatic carbocycles. The summed E-state index contributed by atoms with van der Waals surface area (Å²) < 4.78 is 33.0. The van der Waals surface area contributed by atoms with Crippen LogP contribution in [0.2, 0.25) is 0 Å². The van der Waals surface area contributed by atoms with Gasteiger partial charge in [-0.25, -0.2) is 8.42 Å². The van der Waals surface area contributed by atoms with Gasteiger partial charge in [-0.3, -0.25) is 13.9 Å². The van der Waals surface area contributed by atoms with Crippen LogP contribution in [0.25, 0.3) is 0 Å². The minimum Gasteiger partial charge on any atom is -0.495 e. The van der Waals surface area contributed by atoms with Crippen molar-refractivity contribution < 1.29 is 22.7 Å². The normalized spacial score (nSPS) is 12.0. The smallest absolute Gasteiger partial charge is 0.243 e. The number of para-hydroxylation sites is 2. The van der Waals surface area contributed by atoms with E-state index in [1.807, 2.05) is 68.4 Å². The lowest BCUT2D eigenvalue weighted by atomic mass is 10.0. The minimum absolute atomic E-state index is 0.0560. The van der Waals surface area contributed by atoms with E-state index in [0.29, 0.717) is 24.4 Å². The molecule has 2 amide bonds. The third kappa shape index (κ3) is 9.87. The topological polar surface area (TPSA) is 96.0 Å². The fraction of sp³-hybridized carbons (Fsp3) is 0.375. The molecule has 3 rings (SSSR count). The molecule has 0 spiro atoms. The number of ether oxygens (including phenoxy) is 1. The Hall–Kier alpha value is -3.37. The highest BCUT2D eigenvalue weighted by molar-refractivity contribution is 9.10. The van der Waals surface area contributed by atoms with Gasteiger partial charge in [-0.15, -0.1) is 0 Å². The Labute approximate surface area is 258 Å². The SMILES string of the molecule is COc1ccccc1N(CCCC(=O)N(Cc1ccc(Br)cc1)[C@@H](Cc1ccccc1)C(=O)NCC(C)C)S(C)(=O)=O. The molecule has 1 atom stereocenters. The molecule has 0 aromatic heterocycles. The second kappa shape index (κ2) is 15.7. The number of anilines is 1. The molecule has 0 saturated carbocycles. The molecule has 0 saturated heterocycles. The summed E-state index contributed by atoms with van der Waals surface area (Å²) in [7, 11) is -2.16. The summed E-state index contributed by atoms with van der Waals surface area (Å²) >= 11 is 3.46. The number of rotatable bonds is 15. The number of nitrogens with one attached hydrogen (secondary N) is 1. The van der Waals surface area contributed by atoms with E-state index in [4.69, 9.17) is 4.74 Å². The molecule has 10 heteroatoms. The molecule has 8 nitrogen and oxygen atoms in total. The molecule has 226 valence electrons. The summed E-state index contributed by atoms with van der Waals surface area (Å²) in [4.78, 5) is 29.1. The maximum atomic E-state index is 13.9. The van der Waals surface area contributed by atoms with Crippen LogP contribution in [-0.2, 0) is 32.6 Å². The molecule has 3 aromatic rings. The van der Waals surface area contributed by atoms with Crippen LogP contribution in [0.5, 0.6) is 5.75 Å². The second-order valence-corrected chi connectivity index (χ2v) is 13.4. The van der Waals surface area contributed by atoms with Gasteiger partial charge in [0.25, 0.3) is 0 Å². The van der Waals surface area contributed by atoms with E-state index in [9.17, 15) is 18.0 Å². The predicted octanol–water partition coefficient (Wildman–Crippen LogP) is 5.42. The van der Waals surface area contributed by atoms with Gasteiger partial charge in [-0.2, -0.15) is 0 Å². The summed E-state index contributed by atoms with van der Waals surface area (Å²) in [5, 5.41) is 3.02. The Kier molecular flexibility index (Phi) is 12.4. The molecule has 0 unspecified atom stereocenters. The van der Waals surface area contributed by atoms with Crippen molar-refractivity contribution in [2.24, 2.45) is 5.92 Å². The predicted molar refractivity (Wildman–Crippen MR) is 171 cm³/mol. The first-order valence-corrected chi connectivity index (χ1v) is 16.6. The highest BCUT2D eigenvalue weighted by Crippen LogP contribution is 2.30. The zero-order valence-electron chi connectivity index (χ0n) is 24.6. The lowest BCUT2D eigenvalue weighted by molar-refractivity contribution is -0.141. The van der Waals surface area contributed by atoms with E-state index in [2.05, 4.69) is 21.2 Å². The van der Waals surface area contributed by atoms with Crippen LogP contribution in [0, 0.1) is 5.92 Å². The van der Waals surface area contributed by atoms with Gasteiger partial charge in [-0.1, -0.05) is 84.4 Å². The number of nitrogens with zero attached hydrogens (tertiary/aromatic N) is 2. The molecule has 0 aliphatic carbocycles. The van der Waals surface area contributed by atoms with Crippen molar-refractivity contribution in [3.05, 3.63) is 94.5 Å². The number of carbonyl (C=O) groups excluding carboxylic acids is 2. The summed E-state index contributed by atoms with van der Waals surface area (Å²) in [6, 6.07) is 23.4. The monoisotopic (exact) mass is 657 g/mol. The first kappa shape index (κ1) is 33.1. The number of carbonyl (C=O) groups is 2. The first-order valence-electron chi connectivity index (χ1n) is 14.0. The molecular weight excluding hydrogens is 618 g/mol. The van der Waals surface area contributed by atoms with Crippen LogP contribution >= 0.6 is 15.9 Å². The van der Waals surface area contributed by atoms with Gasteiger partial charge in [0.2, 0.25) is 21.8 Å². The van der Waals surface area contributed by atoms with Crippen molar-refractivity contribution in [2.45, 2.75) is 45.7 Å². The maximum Gasteiger partial charge on any atom is 0.243 e. The Morgan fingerprint density at radius 3 is 2.19 bits per heavy atom. The quantitative estimate of drug-likeness (QED) is 0.236. The molecule has 1 N–H and O–H groups in total. The number of benzene rings is 3. The van der Waals surface area contributed by atoms with Crippen LogP contribution in [0.1, 0.15) is 37.8 Å². The minimum atomic E-state index is -3.65. The van der Waals surface area contributed by atoms with E-state index < -0.39 is 16.1 Å². The van der Waals surface area contributed by atoms with Crippen molar-refractivity contribution in [1.29, 1.82) is 0 Å². The summed E-state index contributed by atoms with van der Waals surface area (Å²) in [5.74, 6) is 0.228. The molecule has 0 radical (unpaired) electrons. The number of halogens is 1. The summed E-state index contributed by atoms with van der Waals surface area (Å²) in [5.41, 5.74) is 2.24. The fourth-order valence-electron chi connectivity index (χ4n) is 4.58. The molecule has 0 aliphatic rings. The fourth-order valence-corrected chi connectivity index (χ4v) is 5.81. The van der Waals surface area contributed by atoms with Gasteiger partial charge < -0.3 is 15.0 Å². The van der Waals surface area contributed by atoms with Gasteiger partial charge >= 0.3 is 0 Å². The Balaban J connectivity index is 1.89. The third-order valence-electron chi connectivity index (χ3n) is 6.73. The third-order valence-corrected chi connectivity index (χ3v) is 8.44. The maximum absolute atomic E-state index is 13.9. The van der Waals surface area contributed by atoms with E-state index in [-0.39, 0.29) is 43.7 Å². The zero-order chi connectivity index (χ0) is 30.7. The molecule has 0 aliphatic heterocycles. The highest BCUT2D eigenvalue weighted by atomic mass is 79.9. The van der Waals surface area contributed by atoms with E-state index in [1.165, 1.54) is 11.4 Å². The average Bonchev–Trinajstić information content (AvgIpc) is 2.96. The van der Waals surface area contributed by atoms with Crippen LogP contribution in [0.3, 0.4) is 0 Å². The van der Waals surface area contributed by atoms with Crippen molar-refractivity contribution in [3.8, 4) is 5.75 Å². The lowest BCUT2D eigenvalue weighted by Gasteiger charge is -2.32. The van der Waals surface area contributed by atoms with E-state index in [1.54, 1.807) is 29.2 Å². The molecule has 0 bridgehead atoms. The van der Waals surface area contributed by atoms with Crippen molar-refractivity contribution in [1.82, 2.24) is 10.2 Å². The van der Waals surface area contributed by atoms with Crippen LogP contribution in [0.4, 0.5) is 5.69 Å². The number of hydrogen-bond acceptors (Lipinski definition) is 5. The Bertz CT molecular complexity index is 1420. The van der Waals surface area contributed by atoms with Gasteiger partial charge in [0.05, 0.1) is 19.1 Å². The Morgan fingerprint density at radius 1 is 0.929 bits per heavy atom. The molecule has 42 heavy (non-hydrogen) atoms. The van der Waals surface area contributed by atoms with Gasteiger partial charge in [0.1, 0.15) is 11.8 Å². The highest BCUT2D eigenvalue weighted by Gasteiger charge is 2.31. The van der Waals surface area contributed by atoms with Gasteiger partial charge in [-0.05, 0) is 47.7 Å². The summed E-state index contributed by atoms with van der Waals surface area (Å²) in [6.45, 7) is 4.85. The number of methoxy groups -OCH3 is 1. The molecule has 0 fully saturated rings. The lowest BCUT2D eigenvalue weighted by Crippen LogP contribution is -2.51. The number of sulfonamides is 1. The van der Waals surface area contributed by atoms with Crippen molar-refractivity contribution in [2.75, 3.05) is 30.8 Å².